The van der Waals surface area contributed by atoms with E-state index in [1.807, 2.05) is 24.3 Å². The molecule has 0 aliphatic rings. The predicted octanol–water partition coefficient (Wildman–Crippen LogP) is 4.71. The van der Waals surface area contributed by atoms with Crippen LogP contribution in [0.15, 0.2) is 71.6 Å². The summed E-state index contributed by atoms with van der Waals surface area (Å²) in [5.74, 6) is -1.06. The maximum atomic E-state index is 13.9. The molecule has 0 radical (unpaired) electrons. The summed E-state index contributed by atoms with van der Waals surface area (Å²) in [6.07, 6.45) is 0. The Kier molecular flexibility index (Phi) is 8.41. The van der Waals surface area contributed by atoms with Gasteiger partial charge < -0.3 is 5.32 Å². The van der Waals surface area contributed by atoms with Crippen molar-refractivity contribution in [2.75, 3.05) is 17.8 Å². The maximum absolute atomic E-state index is 13.9. The van der Waals surface area contributed by atoms with Gasteiger partial charge in [-0.05, 0) is 61.0 Å². The van der Waals surface area contributed by atoms with Crippen molar-refractivity contribution in [1.29, 1.82) is 0 Å². The van der Waals surface area contributed by atoms with Crippen molar-refractivity contribution in [3.63, 3.8) is 0 Å². The summed E-state index contributed by atoms with van der Waals surface area (Å²) in [7, 11) is -4.07. The predicted molar refractivity (Wildman–Crippen MR) is 133 cm³/mol. The Bertz CT molecular complexity index is 1240. The average Bonchev–Trinajstić information content (AvgIpc) is 2.83. The van der Waals surface area contributed by atoms with E-state index in [0.717, 1.165) is 25.2 Å². The third kappa shape index (κ3) is 6.42. The first kappa shape index (κ1) is 25.4. The molecule has 2 N–H and O–H groups in total. The molecule has 6 nitrogen and oxygen atoms in total. The summed E-state index contributed by atoms with van der Waals surface area (Å²) in [5.41, 5.74) is 2.87. The van der Waals surface area contributed by atoms with E-state index in [1.54, 1.807) is 13.0 Å². The quantitative estimate of drug-likeness (QED) is 0.438. The second-order valence-electron chi connectivity index (χ2n) is 8.02. The van der Waals surface area contributed by atoms with E-state index in [1.165, 1.54) is 42.0 Å². The number of nitrogens with zero attached hydrogens (tertiary/aromatic N) is 1. The monoisotopic (exact) mass is 483 g/mol. The van der Waals surface area contributed by atoms with Crippen LogP contribution in [-0.4, -0.2) is 32.3 Å². The fraction of sp³-hybridized carbons (Fsp3) is 0.269. The second kappa shape index (κ2) is 11.3. The van der Waals surface area contributed by atoms with E-state index in [0.29, 0.717) is 12.1 Å². The Hall–Kier alpha value is -3.23. The van der Waals surface area contributed by atoms with Crippen LogP contribution in [0.2, 0.25) is 0 Å². The van der Waals surface area contributed by atoms with Crippen LogP contribution in [0, 0.1) is 12.7 Å². The number of sulfonamides is 1. The smallest absolute Gasteiger partial charge is 0.262 e. The molecule has 0 bridgehead atoms. The van der Waals surface area contributed by atoms with Gasteiger partial charge in [-0.2, -0.15) is 0 Å². The van der Waals surface area contributed by atoms with E-state index in [9.17, 15) is 17.6 Å². The maximum Gasteiger partial charge on any atom is 0.262 e. The highest BCUT2D eigenvalue weighted by atomic mass is 32.2. The summed E-state index contributed by atoms with van der Waals surface area (Å²) in [5, 5.41) is 2.85. The first-order valence-corrected chi connectivity index (χ1v) is 12.7. The summed E-state index contributed by atoms with van der Waals surface area (Å²) in [6, 6.07) is 17.8. The largest absolute Gasteiger partial charge is 0.348 e. The lowest BCUT2D eigenvalue weighted by atomic mass is 10.1. The van der Waals surface area contributed by atoms with Gasteiger partial charge in [0.05, 0.1) is 10.6 Å². The number of carbonyl (C=O) groups excluding carboxylic acids is 1. The summed E-state index contributed by atoms with van der Waals surface area (Å²) in [4.78, 5) is 15.0. The van der Waals surface area contributed by atoms with Crippen LogP contribution in [0.3, 0.4) is 0 Å². The highest BCUT2D eigenvalue weighted by molar-refractivity contribution is 7.92. The minimum absolute atomic E-state index is 0.118. The molecule has 8 heteroatoms. The topological polar surface area (TPSA) is 78.5 Å². The number of carbonyl (C=O) groups is 1. The van der Waals surface area contributed by atoms with Gasteiger partial charge in [-0.25, -0.2) is 12.8 Å². The lowest BCUT2D eigenvalue weighted by Crippen LogP contribution is -2.24. The Labute approximate surface area is 200 Å². The van der Waals surface area contributed by atoms with Gasteiger partial charge in [0.2, 0.25) is 0 Å². The van der Waals surface area contributed by atoms with Crippen molar-refractivity contribution in [2.24, 2.45) is 0 Å². The molecule has 3 aromatic carbocycles. The summed E-state index contributed by atoms with van der Waals surface area (Å²) in [6.45, 7) is 9.15. The zero-order valence-electron chi connectivity index (χ0n) is 19.6. The number of benzene rings is 3. The summed E-state index contributed by atoms with van der Waals surface area (Å²) >= 11 is 0. The first-order chi connectivity index (χ1) is 16.2. The molecule has 0 spiro atoms. The third-order valence-electron chi connectivity index (χ3n) is 5.66. The van der Waals surface area contributed by atoms with Gasteiger partial charge in [0.25, 0.3) is 15.9 Å². The zero-order chi connectivity index (χ0) is 24.7. The molecule has 1 amide bonds. The van der Waals surface area contributed by atoms with Crippen LogP contribution in [-0.2, 0) is 23.1 Å². The number of amides is 1. The van der Waals surface area contributed by atoms with Crippen LogP contribution in [0.1, 0.15) is 40.9 Å². The molecule has 0 unspecified atom stereocenters. The van der Waals surface area contributed by atoms with Crippen LogP contribution in [0.5, 0.6) is 0 Å². The Morgan fingerprint density at radius 1 is 0.941 bits per heavy atom. The van der Waals surface area contributed by atoms with Gasteiger partial charge in [0.15, 0.2) is 0 Å². The number of para-hydroxylation sites is 1. The lowest BCUT2D eigenvalue weighted by molar-refractivity contribution is 0.0950. The number of aryl methyl sites for hydroxylation is 1. The molecule has 3 aromatic rings. The Balaban J connectivity index is 1.69. The molecule has 0 aliphatic heterocycles. The van der Waals surface area contributed by atoms with Crippen molar-refractivity contribution in [1.82, 2.24) is 10.2 Å². The van der Waals surface area contributed by atoms with Crippen molar-refractivity contribution in [3.05, 3.63) is 94.8 Å². The van der Waals surface area contributed by atoms with Gasteiger partial charge in [0, 0.05) is 18.7 Å². The minimum atomic E-state index is -4.07. The van der Waals surface area contributed by atoms with Crippen LogP contribution in [0.25, 0.3) is 0 Å². The SMILES string of the molecule is CCN(CC)Cc1ccc(CNC(=O)c2cc(S(=O)(=O)Nc3ccccc3F)ccc2C)cc1. The van der Waals surface area contributed by atoms with Gasteiger partial charge in [-0.1, -0.05) is 56.3 Å². The average molecular weight is 484 g/mol. The van der Waals surface area contributed by atoms with Crippen molar-refractivity contribution >= 4 is 21.6 Å². The highest BCUT2D eigenvalue weighted by Crippen LogP contribution is 2.21. The molecule has 0 saturated carbocycles. The van der Waals surface area contributed by atoms with E-state index < -0.39 is 15.8 Å². The van der Waals surface area contributed by atoms with Gasteiger partial charge in [0.1, 0.15) is 5.82 Å². The Morgan fingerprint density at radius 3 is 2.24 bits per heavy atom. The van der Waals surface area contributed by atoms with E-state index in [-0.39, 0.29) is 22.1 Å². The number of halogens is 1. The Morgan fingerprint density at radius 2 is 1.59 bits per heavy atom. The molecule has 0 heterocycles. The molecule has 3 rings (SSSR count). The van der Waals surface area contributed by atoms with Crippen molar-refractivity contribution in [3.8, 4) is 0 Å². The van der Waals surface area contributed by atoms with E-state index >= 15 is 0 Å². The fourth-order valence-corrected chi connectivity index (χ4v) is 4.60. The van der Waals surface area contributed by atoms with Gasteiger partial charge >= 0.3 is 0 Å². The zero-order valence-corrected chi connectivity index (χ0v) is 20.5. The third-order valence-corrected chi connectivity index (χ3v) is 7.02. The van der Waals surface area contributed by atoms with E-state index in [2.05, 4.69) is 28.8 Å². The molecule has 0 atom stereocenters. The number of nitrogens with one attached hydrogen (secondary N) is 2. The molecule has 0 aliphatic carbocycles. The molecule has 0 aromatic heterocycles. The number of rotatable bonds is 10. The summed E-state index contributed by atoms with van der Waals surface area (Å²) < 4.78 is 41.7. The number of hydrogen-bond donors (Lipinski definition) is 2. The molecular weight excluding hydrogens is 453 g/mol. The first-order valence-electron chi connectivity index (χ1n) is 11.2. The normalized spacial score (nSPS) is 11.4. The number of anilines is 1. The molecule has 180 valence electrons. The lowest BCUT2D eigenvalue weighted by Gasteiger charge is -2.18. The molecule has 0 saturated heterocycles. The standard InChI is InChI=1S/C26H30FN3O3S/c1-4-30(5-2)18-21-13-11-20(12-14-21)17-28-26(31)23-16-22(15-10-19(23)3)34(32,33)29-25-9-7-6-8-24(25)27/h6-16,29H,4-5,17-18H2,1-3H3,(H,28,31). The molecular formula is C26H30FN3O3S. The second-order valence-corrected chi connectivity index (χ2v) is 9.71. The number of hydrogen-bond acceptors (Lipinski definition) is 4. The van der Waals surface area contributed by atoms with Crippen molar-refractivity contribution < 1.29 is 17.6 Å². The fourth-order valence-electron chi connectivity index (χ4n) is 3.51. The van der Waals surface area contributed by atoms with Crippen LogP contribution >= 0.6 is 0 Å². The highest BCUT2D eigenvalue weighted by Gasteiger charge is 2.19. The van der Waals surface area contributed by atoms with Crippen LogP contribution in [0.4, 0.5) is 10.1 Å². The molecule has 34 heavy (non-hydrogen) atoms. The molecule has 0 fully saturated rings. The van der Waals surface area contributed by atoms with Crippen LogP contribution < -0.4 is 10.0 Å². The minimum Gasteiger partial charge on any atom is -0.348 e. The van der Waals surface area contributed by atoms with Gasteiger partial charge in [-0.15, -0.1) is 0 Å². The van der Waals surface area contributed by atoms with Crippen molar-refractivity contribution in [2.45, 2.75) is 38.8 Å². The van der Waals surface area contributed by atoms with Gasteiger partial charge in [-0.3, -0.25) is 14.4 Å². The van der Waals surface area contributed by atoms with E-state index in [4.69, 9.17) is 0 Å².